The number of carbonyl (C=O) groups excluding carboxylic acids is 4. The molecule has 0 aliphatic carbocycles. The van der Waals surface area contributed by atoms with Crippen molar-refractivity contribution in [3.8, 4) is 11.5 Å². The standard InChI is InChI=1S/C20H38O7S.2C12H19N2O2/c1-5-9-11-15(7-3)13-20(19(23)24,14-16(8-4)12-10-6-2)17(18(21)22)28(25,26)27;2*1-13(2)12(15)16-11-8-6-7-10(9-11)14(3,4)5/h15-17H,5-14H2,1-4H3,(H,21,22)(H,23,24)(H,25,26,27);2*6-9H,1-5H3/q;2*+1/p-2. The predicted octanol–water partition coefficient (Wildman–Crippen LogP) is 5.83. The first-order valence-corrected chi connectivity index (χ1v) is 22.1. The van der Waals surface area contributed by atoms with E-state index in [9.17, 15) is 42.4 Å². The van der Waals surface area contributed by atoms with Crippen LogP contribution in [0.3, 0.4) is 0 Å². The lowest BCUT2D eigenvalue weighted by Crippen LogP contribution is -2.60. The average Bonchev–Trinajstić information content (AvgIpc) is 3.14. The van der Waals surface area contributed by atoms with Crippen molar-refractivity contribution in [2.45, 2.75) is 97.2 Å². The maximum Gasteiger partial charge on any atom is 0.414 e. The molecule has 16 heteroatoms. The molecule has 1 N–H and O–H groups in total. The predicted molar refractivity (Wildman–Crippen MR) is 235 cm³/mol. The van der Waals surface area contributed by atoms with E-state index in [0.29, 0.717) is 46.1 Å². The molecule has 0 saturated carbocycles. The van der Waals surface area contributed by atoms with E-state index in [1.165, 1.54) is 9.80 Å². The topological polar surface area (TPSA) is 194 Å². The molecule has 0 aliphatic rings. The van der Waals surface area contributed by atoms with Crippen molar-refractivity contribution >= 4 is 45.6 Å². The Morgan fingerprint density at radius 3 is 1.27 bits per heavy atom. The monoisotopic (exact) mass is 867 g/mol. The molecule has 2 aromatic rings. The lowest BCUT2D eigenvalue weighted by Gasteiger charge is -2.44. The van der Waals surface area contributed by atoms with Crippen LogP contribution in [0.4, 0.5) is 21.0 Å². The highest BCUT2D eigenvalue weighted by molar-refractivity contribution is 7.87. The molecule has 60 heavy (non-hydrogen) atoms. The van der Waals surface area contributed by atoms with Gasteiger partial charge < -0.3 is 39.1 Å². The van der Waals surface area contributed by atoms with E-state index in [1.807, 2.05) is 64.1 Å². The smallest absolute Gasteiger partial charge is 0.414 e. The van der Waals surface area contributed by atoms with Crippen LogP contribution in [-0.2, 0) is 19.7 Å². The van der Waals surface area contributed by atoms with E-state index in [0.717, 1.165) is 37.1 Å². The molecule has 0 heterocycles. The van der Waals surface area contributed by atoms with Crippen molar-refractivity contribution in [1.82, 2.24) is 18.8 Å². The number of amides is 2. The number of nitrogens with zero attached hydrogens (tertiary/aromatic N) is 4. The molecule has 2 aromatic carbocycles. The van der Waals surface area contributed by atoms with E-state index >= 15 is 0 Å². The summed E-state index contributed by atoms with van der Waals surface area (Å²) in [6.45, 7) is 7.68. The van der Waals surface area contributed by atoms with Crippen LogP contribution in [0.5, 0.6) is 11.5 Å². The van der Waals surface area contributed by atoms with E-state index in [4.69, 9.17) is 9.47 Å². The highest BCUT2D eigenvalue weighted by Crippen LogP contribution is 2.43. The molecule has 0 radical (unpaired) electrons. The SMILES string of the molecule is CCCCC(CC)CC(CC(CC)CCCC)(C(=O)[O-])C(C(=O)[O-])S(=O)(=O)O.CN(C)C(=O)Oc1cccc([N+](C)(C)C)c1.CN(C)C(=O)Oc1cccc([N+](C)(C)C)c1. The second kappa shape index (κ2) is 25.5. The number of aliphatic carboxylic acids is 2. The van der Waals surface area contributed by atoms with Gasteiger partial charge in [-0.15, -0.1) is 0 Å². The Bertz CT molecular complexity index is 1660. The number of hydrogen-bond donors (Lipinski definition) is 1. The third-order valence-electron chi connectivity index (χ3n) is 10.1. The van der Waals surface area contributed by atoms with E-state index in [-0.39, 0.29) is 36.9 Å². The summed E-state index contributed by atoms with van der Waals surface area (Å²) in [5, 5.41) is 21.5. The Hall–Kier alpha value is -4.25. The molecule has 3 unspecified atom stereocenters. The van der Waals surface area contributed by atoms with Gasteiger partial charge in [0.05, 0.1) is 48.3 Å². The van der Waals surface area contributed by atoms with E-state index in [2.05, 4.69) is 42.3 Å². The number of carbonyl (C=O) groups is 4. The van der Waals surface area contributed by atoms with Crippen molar-refractivity contribution in [3.63, 3.8) is 0 Å². The molecule has 0 bridgehead atoms. The molecule has 342 valence electrons. The van der Waals surface area contributed by atoms with E-state index in [1.54, 1.807) is 40.3 Å². The van der Waals surface area contributed by atoms with Gasteiger partial charge in [-0.2, -0.15) is 8.42 Å². The molecular formula is C44H74N4O11S. The lowest BCUT2D eigenvalue weighted by atomic mass is 9.68. The van der Waals surface area contributed by atoms with Crippen LogP contribution in [0.15, 0.2) is 48.5 Å². The van der Waals surface area contributed by atoms with E-state index < -0.39 is 32.7 Å². The summed E-state index contributed by atoms with van der Waals surface area (Å²) in [7, 11) is 13.8. The van der Waals surface area contributed by atoms with Gasteiger partial charge in [0.1, 0.15) is 28.1 Å². The van der Waals surface area contributed by atoms with Crippen molar-refractivity contribution in [2.24, 2.45) is 17.3 Å². The summed E-state index contributed by atoms with van der Waals surface area (Å²) < 4.78 is 45.2. The van der Waals surface area contributed by atoms with Crippen LogP contribution in [0.2, 0.25) is 0 Å². The van der Waals surface area contributed by atoms with Crippen molar-refractivity contribution < 1.29 is 51.8 Å². The molecule has 2 rings (SSSR count). The van der Waals surface area contributed by atoms with Crippen LogP contribution < -0.4 is 28.7 Å². The zero-order valence-electron chi connectivity index (χ0n) is 38.6. The lowest BCUT2D eigenvalue weighted by molar-refractivity contribution is -0.329. The van der Waals surface area contributed by atoms with Crippen molar-refractivity contribution in [3.05, 3.63) is 48.5 Å². The number of carboxylic acid groups (broad SMARTS) is 2. The highest BCUT2D eigenvalue weighted by Gasteiger charge is 2.50. The van der Waals surface area contributed by atoms with Crippen molar-refractivity contribution in [1.29, 1.82) is 0 Å². The fraction of sp³-hybridized carbons (Fsp3) is 0.636. The fourth-order valence-electron chi connectivity index (χ4n) is 6.43. The molecule has 0 fully saturated rings. The van der Waals surface area contributed by atoms with Gasteiger partial charge in [0.2, 0.25) is 0 Å². The first-order valence-electron chi connectivity index (χ1n) is 20.6. The summed E-state index contributed by atoms with van der Waals surface area (Å²) in [5.74, 6) is -3.07. The van der Waals surface area contributed by atoms with Gasteiger partial charge in [0.25, 0.3) is 10.1 Å². The average molecular weight is 867 g/mol. The van der Waals surface area contributed by atoms with Crippen LogP contribution in [0.25, 0.3) is 0 Å². The Labute approximate surface area is 360 Å². The molecule has 0 saturated heterocycles. The second-order valence-corrected chi connectivity index (χ2v) is 18.9. The number of quaternary nitrogens is 2. The first kappa shape index (κ1) is 55.8. The Balaban J connectivity index is 0.000000927. The minimum absolute atomic E-state index is 0.174. The van der Waals surface area contributed by atoms with Crippen LogP contribution in [-0.4, -0.2) is 123 Å². The van der Waals surface area contributed by atoms with Gasteiger partial charge in [0, 0.05) is 51.7 Å². The van der Waals surface area contributed by atoms with Gasteiger partial charge in [-0.3, -0.25) is 13.5 Å². The van der Waals surface area contributed by atoms with Gasteiger partial charge in [-0.1, -0.05) is 91.2 Å². The maximum atomic E-state index is 12.3. The fourth-order valence-corrected chi connectivity index (χ4v) is 7.54. The minimum atomic E-state index is -5.20. The minimum Gasteiger partial charge on any atom is -0.549 e. The number of ether oxygens (including phenoxy) is 2. The molecule has 3 atom stereocenters. The summed E-state index contributed by atoms with van der Waals surface area (Å²) in [4.78, 5) is 49.6. The van der Waals surface area contributed by atoms with Gasteiger partial charge >= 0.3 is 12.2 Å². The number of hydrogen-bond acceptors (Lipinski definition) is 10. The van der Waals surface area contributed by atoms with Crippen LogP contribution >= 0.6 is 0 Å². The number of rotatable bonds is 20. The zero-order chi connectivity index (χ0) is 46.6. The molecular weight excluding hydrogens is 793 g/mol. The largest absolute Gasteiger partial charge is 0.549 e. The van der Waals surface area contributed by atoms with Crippen LogP contribution in [0.1, 0.15) is 91.9 Å². The van der Waals surface area contributed by atoms with Gasteiger partial charge in [-0.25, -0.2) is 9.59 Å². The number of benzene rings is 2. The van der Waals surface area contributed by atoms with Crippen molar-refractivity contribution in [2.75, 3.05) is 70.5 Å². The Kier molecular flexibility index (Phi) is 23.7. The molecule has 2 amide bonds. The molecule has 0 spiro atoms. The molecule has 15 nitrogen and oxygen atoms in total. The van der Waals surface area contributed by atoms with Gasteiger partial charge in [-0.05, 0) is 48.9 Å². The third-order valence-corrected chi connectivity index (χ3v) is 11.4. The number of unbranched alkanes of at least 4 members (excludes halogenated alkanes) is 2. The Morgan fingerprint density at radius 2 is 1.03 bits per heavy atom. The summed E-state index contributed by atoms with van der Waals surface area (Å²) in [6.07, 6.45) is 4.77. The quantitative estimate of drug-likeness (QED) is 0.124. The van der Waals surface area contributed by atoms with Crippen LogP contribution in [0, 0.1) is 17.3 Å². The summed E-state index contributed by atoms with van der Waals surface area (Å²) in [6, 6.07) is 15.1. The normalized spacial score (nSPS) is 14.1. The van der Waals surface area contributed by atoms with Gasteiger partial charge in [0.15, 0.2) is 0 Å². The first-order chi connectivity index (χ1) is 27.6. The summed E-state index contributed by atoms with van der Waals surface area (Å²) >= 11 is 0. The molecule has 0 aliphatic heterocycles. The maximum absolute atomic E-state index is 12.3. The second-order valence-electron chi connectivity index (χ2n) is 17.4. The third kappa shape index (κ3) is 19.4. The molecule has 0 aromatic heterocycles. The number of carboxylic acids is 2. The highest BCUT2D eigenvalue weighted by atomic mass is 32.2. The Morgan fingerprint density at radius 1 is 0.683 bits per heavy atom. The summed E-state index contributed by atoms with van der Waals surface area (Å²) in [5.41, 5.74) is -0.0528. The zero-order valence-corrected chi connectivity index (χ0v) is 39.5.